The summed E-state index contributed by atoms with van der Waals surface area (Å²) >= 11 is 0. The Morgan fingerprint density at radius 2 is 1.61 bits per heavy atom. The quantitative estimate of drug-likeness (QED) is 0.399. The Hall–Kier alpha value is -2.32. The van der Waals surface area contributed by atoms with Gasteiger partial charge in [-0.25, -0.2) is 9.78 Å². The summed E-state index contributed by atoms with van der Waals surface area (Å²) in [5, 5.41) is 28.7. The molecule has 0 aromatic heterocycles. The lowest BCUT2D eigenvalue weighted by molar-refractivity contribution is -0.254. The Morgan fingerprint density at radius 3 is 2.13 bits per heavy atom. The van der Waals surface area contributed by atoms with E-state index in [2.05, 4.69) is 25.3 Å². The fraction of sp³-hybridized carbons (Fsp3) is 0.250. The largest absolute Gasteiger partial charge is 0.388 e. The molecular weight excluding hydrogens is 298 g/mol. The van der Waals surface area contributed by atoms with Crippen molar-refractivity contribution in [1.29, 1.82) is 0 Å². The van der Waals surface area contributed by atoms with E-state index in [4.69, 9.17) is 10.5 Å². The normalized spacial score (nSPS) is 11.1. The van der Waals surface area contributed by atoms with Crippen molar-refractivity contribution in [3.8, 4) is 0 Å². The highest BCUT2D eigenvalue weighted by Crippen LogP contribution is 2.26. The second-order valence-corrected chi connectivity index (χ2v) is 5.01. The van der Waals surface area contributed by atoms with Crippen molar-refractivity contribution in [2.24, 2.45) is 10.2 Å². The first kappa shape index (κ1) is 17.0. The molecule has 23 heavy (non-hydrogen) atoms. The molecule has 0 saturated carbocycles. The molecule has 7 nitrogen and oxygen atoms in total. The van der Waals surface area contributed by atoms with Gasteiger partial charge in [0.15, 0.2) is 0 Å². The number of benzene rings is 2. The van der Waals surface area contributed by atoms with Gasteiger partial charge in [-0.15, -0.1) is 0 Å². The summed E-state index contributed by atoms with van der Waals surface area (Å²) in [7, 11) is 1.86. The van der Waals surface area contributed by atoms with E-state index in [9.17, 15) is 0 Å². The highest BCUT2D eigenvalue weighted by molar-refractivity contribution is 5.56. The number of hydrogen-bond acceptors (Lipinski definition) is 7. The topological polar surface area (TPSA) is 95.7 Å². The lowest BCUT2D eigenvalue weighted by Crippen LogP contribution is -1.93. The van der Waals surface area contributed by atoms with Gasteiger partial charge in [-0.05, 0) is 53.9 Å². The zero-order valence-corrected chi connectivity index (χ0v) is 13.0. The fourth-order valence-corrected chi connectivity index (χ4v) is 2.15. The van der Waals surface area contributed by atoms with Crippen LogP contribution < -0.4 is 5.32 Å². The Bertz CT molecular complexity index is 665. The van der Waals surface area contributed by atoms with E-state index in [1.165, 1.54) is 0 Å². The number of rotatable bonds is 7. The van der Waals surface area contributed by atoms with Crippen LogP contribution in [-0.2, 0) is 23.0 Å². The zero-order chi connectivity index (χ0) is 16.7. The van der Waals surface area contributed by atoms with Gasteiger partial charge in [0.2, 0.25) is 0 Å². The van der Waals surface area contributed by atoms with Crippen LogP contribution in [0.4, 0.5) is 17.1 Å². The molecule has 0 aliphatic carbocycles. The van der Waals surface area contributed by atoms with Crippen LogP contribution >= 0.6 is 0 Å². The highest BCUT2D eigenvalue weighted by Gasteiger charge is 2.03. The zero-order valence-electron chi connectivity index (χ0n) is 13.0. The van der Waals surface area contributed by atoms with Crippen molar-refractivity contribution >= 4 is 17.1 Å². The maximum absolute atomic E-state index is 8.58. The summed E-state index contributed by atoms with van der Waals surface area (Å²) in [5.74, 6) is 0. The van der Waals surface area contributed by atoms with E-state index in [1.807, 2.05) is 32.2 Å². The van der Waals surface area contributed by atoms with Gasteiger partial charge >= 0.3 is 0 Å². The van der Waals surface area contributed by atoms with E-state index in [-0.39, 0.29) is 13.2 Å². The van der Waals surface area contributed by atoms with Gasteiger partial charge in [0, 0.05) is 12.7 Å². The third kappa shape index (κ3) is 4.83. The number of nitrogens with zero attached hydrogens (tertiary/aromatic N) is 2. The van der Waals surface area contributed by atoms with E-state index >= 15 is 0 Å². The summed E-state index contributed by atoms with van der Waals surface area (Å²) in [6.07, 6.45) is 0. The van der Waals surface area contributed by atoms with Crippen LogP contribution in [0.15, 0.2) is 46.6 Å². The summed E-state index contributed by atoms with van der Waals surface area (Å²) in [6, 6.07) is 11.0. The van der Waals surface area contributed by atoms with E-state index in [0.29, 0.717) is 16.8 Å². The molecule has 0 unspecified atom stereocenters. The molecule has 2 rings (SSSR count). The molecule has 3 N–H and O–H groups in total. The summed E-state index contributed by atoms with van der Waals surface area (Å²) in [5.41, 5.74) is 4.72. The molecule has 0 saturated heterocycles. The third-order valence-corrected chi connectivity index (χ3v) is 3.26. The molecule has 0 radical (unpaired) electrons. The van der Waals surface area contributed by atoms with E-state index < -0.39 is 0 Å². The molecule has 0 spiro atoms. The smallest absolute Gasteiger partial charge is 0.107 e. The van der Waals surface area contributed by atoms with Crippen LogP contribution in [0, 0.1) is 6.92 Å². The SMILES string of the molecule is CNc1ccc(N=Nc2cc(COO)cc(COO)c2)c(C)c1. The molecule has 0 atom stereocenters. The predicted octanol–water partition coefficient (Wildman–Crippen LogP) is 4.43. The van der Waals surface area contributed by atoms with Crippen LogP contribution in [-0.4, -0.2) is 17.6 Å². The standard InChI is InChI=1S/C16H19N3O4/c1-11-5-14(17-2)3-4-16(11)19-18-15-7-12(9-22-20)6-13(8-15)10-23-21/h3-8,17,20-21H,9-10H2,1-2H3. The first-order valence-electron chi connectivity index (χ1n) is 7.02. The molecule has 0 heterocycles. The molecule has 122 valence electrons. The molecule has 0 amide bonds. The van der Waals surface area contributed by atoms with Crippen LogP contribution in [0.1, 0.15) is 16.7 Å². The van der Waals surface area contributed by atoms with Crippen LogP contribution in [0.25, 0.3) is 0 Å². The van der Waals surface area contributed by atoms with Gasteiger partial charge in [-0.3, -0.25) is 10.5 Å². The molecule has 0 bridgehead atoms. The number of anilines is 1. The Kier molecular flexibility index (Phi) is 6.19. The number of hydrogen-bond donors (Lipinski definition) is 3. The van der Waals surface area contributed by atoms with Crippen molar-refractivity contribution in [3.63, 3.8) is 0 Å². The van der Waals surface area contributed by atoms with Gasteiger partial charge in [0.05, 0.1) is 11.4 Å². The van der Waals surface area contributed by atoms with Crippen molar-refractivity contribution in [2.45, 2.75) is 20.1 Å². The minimum atomic E-state index is 0.0116. The minimum Gasteiger partial charge on any atom is -0.388 e. The second kappa shape index (κ2) is 8.35. The monoisotopic (exact) mass is 317 g/mol. The molecular formula is C16H19N3O4. The average Bonchev–Trinajstić information content (AvgIpc) is 2.54. The lowest BCUT2D eigenvalue weighted by atomic mass is 10.1. The fourth-order valence-electron chi connectivity index (χ4n) is 2.15. The average molecular weight is 317 g/mol. The maximum Gasteiger partial charge on any atom is 0.107 e. The van der Waals surface area contributed by atoms with E-state index in [0.717, 1.165) is 16.9 Å². The molecule has 0 fully saturated rings. The first-order valence-corrected chi connectivity index (χ1v) is 7.02. The minimum absolute atomic E-state index is 0.0116. The summed E-state index contributed by atoms with van der Waals surface area (Å²) < 4.78 is 0. The van der Waals surface area contributed by atoms with Crippen LogP contribution in [0.5, 0.6) is 0 Å². The first-order chi connectivity index (χ1) is 11.2. The molecule has 7 heteroatoms. The molecule has 2 aromatic carbocycles. The third-order valence-electron chi connectivity index (χ3n) is 3.26. The van der Waals surface area contributed by atoms with Crippen LogP contribution in [0.2, 0.25) is 0 Å². The van der Waals surface area contributed by atoms with Crippen molar-refractivity contribution in [1.82, 2.24) is 0 Å². The number of azo groups is 1. The highest BCUT2D eigenvalue weighted by atomic mass is 17.1. The Morgan fingerprint density at radius 1 is 0.957 bits per heavy atom. The van der Waals surface area contributed by atoms with Gasteiger partial charge in [-0.2, -0.15) is 10.2 Å². The Labute approximate surface area is 134 Å². The number of aryl methyl sites for hydroxylation is 1. The number of nitrogens with one attached hydrogen (secondary N) is 1. The van der Waals surface area contributed by atoms with Gasteiger partial charge in [0.25, 0.3) is 0 Å². The second-order valence-electron chi connectivity index (χ2n) is 5.01. The Balaban J connectivity index is 2.27. The lowest BCUT2D eigenvalue weighted by Gasteiger charge is -2.06. The molecule has 2 aromatic rings. The van der Waals surface area contributed by atoms with Gasteiger partial charge < -0.3 is 5.32 Å². The molecule has 0 aliphatic heterocycles. The van der Waals surface area contributed by atoms with Crippen LogP contribution in [0.3, 0.4) is 0 Å². The van der Waals surface area contributed by atoms with E-state index in [1.54, 1.807) is 18.2 Å². The van der Waals surface area contributed by atoms with Crippen molar-refractivity contribution < 1.29 is 20.3 Å². The summed E-state index contributed by atoms with van der Waals surface area (Å²) in [6.45, 7) is 1.98. The van der Waals surface area contributed by atoms with Crippen molar-refractivity contribution in [2.75, 3.05) is 12.4 Å². The predicted molar refractivity (Wildman–Crippen MR) is 86.2 cm³/mol. The van der Waals surface area contributed by atoms with Gasteiger partial charge in [-0.1, -0.05) is 6.07 Å². The summed E-state index contributed by atoms with van der Waals surface area (Å²) in [4.78, 5) is 8.28. The maximum atomic E-state index is 8.58. The molecule has 0 aliphatic rings. The van der Waals surface area contributed by atoms with Gasteiger partial charge in [0.1, 0.15) is 13.2 Å². The van der Waals surface area contributed by atoms with Crippen molar-refractivity contribution in [3.05, 3.63) is 53.1 Å².